The van der Waals surface area contributed by atoms with Crippen molar-refractivity contribution in [3.63, 3.8) is 0 Å². The smallest absolute Gasteiger partial charge is 0.306 e. The number of aromatic nitrogens is 1. The maximum atomic E-state index is 14.0. The van der Waals surface area contributed by atoms with E-state index in [9.17, 15) is 23.8 Å². The molecule has 1 saturated carbocycles. The fraction of sp³-hybridized carbons (Fsp3) is 0.455. The summed E-state index contributed by atoms with van der Waals surface area (Å²) in [5, 5.41) is 20.4. The summed E-state index contributed by atoms with van der Waals surface area (Å²) >= 11 is 0. The first kappa shape index (κ1) is 29.5. The zero-order chi connectivity index (χ0) is 30.2. The van der Waals surface area contributed by atoms with Gasteiger partial charge in [-0.1, -0.05) is 6.07 Å². The maximum Gasteiger partial charge on any atom is 0.306 e. The van der Waals surface area contributed by atoms with E-state index in [0.717, 1.165) is 66.6 Å². The molecule has 0 amide bonds. The normalized spacial score (nSPS) is 25.9. The van der Waals surface area contributed by atoms with Gasteiger partial charge in [0, 0.05) is 42.9 Å². The highest BCUT2D eigenvalue weighted by Crippen LogP contribution is 2.42. The lowest BCUT2D eigenvalue weighted by Gasteiger charge is -2.33. The van der Waals surface area contributed by atoms with Gasteiger partial charge in [0.2, 0.25) is 6.41 Å². The average Bonchev–Trinajstić information content (AvgIpc) is 3.24. The number of ether oxygens (including phenoxy) is 2. The summed E-state index contributed by atoms with van der Waals surface area (Å²) in [6, 6.07) is 13.0. The van der Waals surface area contributed by atoms with E-state index in [1.165, 1.54) is 12.1 Å². The molecule has 10 heteroatoms. The van der Waals surface area contributed by atoms with Crippen LogP contribution >= 0.6 is 0 Å². The number of pyridine rings is 1. The Morgan fingerprint density at radius 3 is 2.35 bits per heavy atom. The van der Waals surface area contributed by atoms with E-state index in [4.69, 9.17) is 14.5 Å². The number of aliphatic hydroxyl groups excluding tert-OH is 1. The molecule has 2 saturated heterocycles. The van der Waals surface area contributed by atoms with Crippen LogP contribution in [0.3, 0.4) is 0 Å². The Morgan fingerprint density at radius 2 is 1.72 bits per heavy atom. The van der Waals surface area contributed by atoms with Gasteiger partial charge in [0.15, 0.2) is 0 Å². The van der Waals surface area contributed by atoms with Gasteiger partial charge in [-0.15, -0.1) is 0 Å². The summed E-state index contributed by atoms with van der Waals surface area (Å²) in [5.74, 6) is -0.637. The molecule has 0 bridgehead atoms. The molecule has 0 radical (unpaired) electrons. The molecule has 3 atom stereocenters. The first-order valence-corrected chi connectivity index (χ1v) is 14.9. The summed E-state index contributed by atoms with van der Waals surface area (Å²) in [6.45, 7) is 3.92. The number of carbonyl (C=O) groups is 1. The molecule has 3 aliphatic rings. The van der Waals surface area contributed by atoms with Gasteiger partial charge in [0.05, 0.1) is 18.7 Å². The van der Waals surface area contributed by atoms with E-state index in [1.54, 1.807) is 12.0 Å². The lowest BCUT2D eigenvalue weighted by atomic mass is 9.78. The summed E-state index contributed by atoms with van der Waals surface area (Å²) < 4.78 is 39.6. The number of hydrogen-bond acceptors (Lipinski definition) is 7. The minimum Gasteiger partial charge on any atom is -0.496 e. The van der Waals surface area contributed by atoms with Crippen molar-refractivity contribution in [2.24, 2.45) is 5.92 Å². The molecule has 3 aromatic rings. The Kier molecular flexibility index (Phi) is 8.35. The first-order chi connectivity index (χ1) is 20.7. The van der Waals surface area contributed by atoms with Crippen LogP contribution in [0.15, 0.2) is 48.5 Å². The average molecular weight is 594 g/mol. The highest BCUT2D eigenvalue weighted by molar-refractivity contribution is 5.74. The van der Waals surface area contributed by atoms with E-state index in [2.05, 4.69) is 17.0 Å². The van der Waals surface area contributed by atoms with E-state index in [1.807, 2.05) is 25.1 Å². The molecule has 1 aliphatic carbocycles. The third-order valence-electron chi connectivity index (χ3n) is 9.26. The van der Waals surface area contributed by atoms with Crippen molar-refractivity contribution in [3.05, 3.63) is 77.0 Å². The number of carboxylic acid groups (broad SMARTS) is 1. The number of methoxy groups -OCH3 is 1. The summed E-state index contributed by atoms with van der Waals surface area (Å²) in [5.41, 5.74) is 3.88. The summed E-state index contributed by atoms with van der Waals surface area (Å²) in [4.78, 5) is 20.5. The Hall–Kier alpha value is -3.60. The first-order valence-electron chi connectivity index (χ1n) is 14.9. The van der Waals surface area contributed by atoms with Crippen LogP contribution in [0, 0.1) is 17.6 Å². The van der Waals surface area contributed by atoms with Crippen LogP contribution in [-0.2, 0) is 16.1 Å². The number of carboxylic acids is 1. The van der Waals surface area contributed by atoms with Crippen LogP contribution in [-0.4, -0.2) is 58.7 Å². The number of rotatable bonds is 8. The Balaban J connectivity index is 1.34. The molecule has 3 fully saturated rings. The standard InChI is InChI=1S/C33H37F2N3O5/c1-19-31(23-14-24(34)17-25(35)15-23)43-33(41)38(19)18-28-26(9-11-30(36-28)37-12-3-13-37)27-16-22(8-10-29(27)42-2)20-4-6-21(7-5-20)32(39)40/h8-11,14-17,19-21,31,33,41H,3-7,12-13,18H2,1-2H3,(H,39,40)/t19-,20?,21?,31-,33?/m0/s1. The SMILES string of the molecule is COc1ccc(C2CCC(C(=O)O)CC2)cc1-c1ccc(N2CCC2)nc1CN1C(O)O[C@H](c2cc(F)cc(F)c2)[C@@H]1C. The second-order valence-corrected chi connectivity index (χ2v) is 11.8. The van der Waals surface area contributed by atoms with Crippen molar-refractivity contribution in [1.29, 1.82) is 0 Å². The van der Waals surface area contributed by atoms with E-state index in [-0.39, 0.29) is 18.4 Å². The number of anilines is 1. The fourth-order valence-corrected chi connectivity index (χ4v) is 6.63. The zero-order valence-corrected chi connectivity index (χ0v) is 24.4. The molecule has 3 heterocycles. The van der Waals surface area contributed by atoms with E-state index < -0.39 is 36.2 Å². The number of benzene rings is 2. The van der Waals surface area contributed by atoms with E-state index in [0.29, 0.717) is 24.2 Å². The molecule has 1 aromatic heterocycles. The highest BCUT2D eigenvalue weighted by atomic mass is 19.1. The largest absolute Gasteiger partial charge is 0.496 e. The molecule has 228 valence electrons. The monoisotopic (exact) mass is 593 g/mol. The van der Waals surface area contributed by atoms with Crippen LogP contribution in [0.5, 0.6) is 5.75 Å². The van der Waals surface area contributed by atoms with Crippen LogP contribution in [0.2, 0.25) is 0 Å². The second-order valence-electron chi connectivity index (χ2n) is 11.8. The van der Waals surface area contributed by atoms with Crippen molar-refractivity contribution >= 4 is 11.8 Å². The zero-order valence-electron chi connectivity index (χ0n) is 24.4. The quantitative estimate of drug-likeness (QED) is 0.336. The Bertz CT molecular complexity index is 1470. The molecular weight excluding hydrogens is 556 g/mol. The maximum absolute atomic E-state index is 14.0. The number of aliphatic carboxylic acids is 1. The van der Waals surface area contributed by atoms with Gasteiger partial charge in [0.1, 0.15) is 29.3 Å². The number of hydrogen-bond donors (Lipinski definition) is 2. The number of aliphatic hydroxyl groups is 1. The van der Waals surface area contributed by atoms with Gasteiger partial charge in [-0.05, 0) is 92.5 Å². The lowest BCUT2D eigenvalue weighted by molar-refractivity contribution is -0.154. The predicted molar refractivity (Wildman–Crippen MR) is 157 cm³/mol. The van der Waals surface area contributed by atoms with E-state index >= 15 is 0 Å². The van der Waals surface area contributed by atoms with Crippen LogP contribution < -0.4 is 9.64 Å². The van der Waals surface area contributed by atoms with Gasteiger partial charge in [-0.2, -0.15) is 0 Å². The summed E-state index contributed by atoms with van der Waals surface area (Å²) in [6.07, 6.45) is 1.98. The van der Waals surface area contributed by atoms with Gasteiger partial charge in [-0.3, -0.25) is 4.79 Å². The van der Waals surface area contributed by atoms with Crippen molar-refractivity contribution in [2.45, 2.75) is 70.1 Å². The second kappa shape index (κ2) is 12.2. The topological polar surface area (TPSA) is 95.4 Å². The van der Waals surface area contributed by atoms with Crippen molar-refractivity contribution < 1.29 is 33.3 Å². The molecule has 8 nitrogen and oxygen atoms in total. The molecular formula is C33H37F2N3O5. The van der Waals surface area contributed by atoms with Crippen molar-refractivity contribution in [1.82, 2.24) is 9.88 Å². The minimum atomic E-state index is -1.30. The minimum absolute atomic E-state index is 0.227. The van der Waals surface area contributed by atoms with Crippen LogP contribution in [0.1, 0.15) is 67.9 Å². The third-order valence-corrected chi connectivity index (χ3v) is 9.26. The van der Waals surface area contributed by atoms with Crippen molar-refractivity contribution in [2.75, 3.05) is 25.1 Å². The molecule has 43 heavy (non-hydrogen) atoms. The molecule has 2 aliphatic heterocycles. The van der Waals surface area contributed by atoms with Gasteiger partial charge in [0.25, 0.3) is 0 Å². The Labute approximate surface area is 249 Å². The predicted octanol–water partition coefficient (Wildman–Crippen LogP) is 5.84. The van der Waals surface area contributed by atoms with Gasteiger partial charge >= 0.3 is 5.97 Å². The highest BCUT2D eigenvalue weighted by Gasteiger charge is 2.40. The summed E-state index contributed by atoms with van der Waals surface area (Å²) in [7, 11) is 1.63. The third kappa shape index (κ3) is 5.96. The lowest BCUT2D eigenvalue weighted by Crippen LogP contribution is -2.38. The van der Waals surface area contributed by atoms with Crippen LogP contribution in [0.25, 0.3) is 11.1 Å². The fourth-order valence-electron chi connectivity index (χ4n) is 6.63. The molecule has 6 rings (SSSR count). The molecule has 2 N–H and O–H groups in total. The molecule has 1 unspecified atom stereocenters. The Morgan fingerprint density at radius 1 is 1.00 bits per heavy atom. The van der Waals surface area contributed by atoms with Crippen LogP contribution in [0.4, 0.5) is 14.6 Å². The number of halogens is 2. The van der Waals surface area contributed by atoms with Crippen molar-refractivity contribution in [3.8, 4) is 16.9 Å². The van der Waals surface area contributed by atoms with Gasteiger partial charge in [-0.25, -0.2) is 18.7 Å². The molecule has 0 spiro atoms. The van der Waals surface area contributed by atoms with Gasteiger partial charge < -0.3 is 24.6 Å². The number of nitrogens with zero attached hydrogens (tertiary/aromatic N) is 3. The molecule has 2 aromatic carbocycles.